The Labute approximate surface area is 212 Å². The molecule has 0 unspecified atom stereocenters. The van der Waals surface area contributed by atoms with E-state index >= 15 is 0 Å². The molecule has 0 radical (unpaired) electrons. The van der Waals surface area contributed by atoms with Crippen LogP contribution in [-0.4, -0.2) is 36.0 Å². The normalized spacial score (nSPS) is 13.7. The number of fused-ring (bicyclic) bond motifs is 1. The molecular formula is C31H32O5. The van der Waals surface area contributed by atoms with Crippen LogP contribution in [0.3, 0.4) is 0 Å². The molecule has 0 aromatic heterocycles. The number of hydrogen-bond acceptors (Lipinski definition) is 5. The number of aliphatic hydroxyl groups excluding tert-OH is 1. The van der Waals surface area contributed by atoms with E-state index in [1.54, 1.807) is 24.3 Å². The van der Waals surface area contributed by atoms with Crippen LogP contribution in [-0.2, 0) is 27.4 Å². The van der Waals surface area contributed by atoms with Gasteiger partial charge in [0.25, 0.3) is 0 Å². The lowest BCUT2D eigenvalue weighted by Gasteiger charge is -2.28. The van der Waals surface area contributed by atoms with Crippen LogP contribution >= 0.6 is 0 Å². The third kappa shape index (κ3) is 7.25. The van der Waals surface area contributed by atoms with Gasteiger partial charge in [-0.2, -0.15) is 0 Å². The maximum Gasteiger partial charge on any atom is 0.338 e. The molecule has 0 aliphatic rings. The Balaban J connectivity index is 1.43. The van der Waals surface area contributed by atoms with Crippen molar-refractivity contribution in [3.63, 3.8) is 0 Å². The molecule has 0 saturated carbocycles. The molecule has 4 rings (SSSR count). The van der Waals surface area contributed by atoms with Crippen molar-refractivity contribution in [2.75, 3.05) is 6.61 Å². The Hall–Kier alpha value is -3.51. The van der Waals surface area contributed by atoms with Crippen molar-refractivity contribution in [1.82, 2.24) is 0 Å². The molecule has 3 atom stereocenters. The lowest BCUT2D eigenvalue weighted by Crippen LogP contribution is -2.36. The van der Waals surface area contributed by atoms with Crippen LogP contribution in [0, 0.1) is 0 Å². The molecule has 5 heteroatoms. The minimum atomic E-state index is -0.605. The van der Waals surface area contributed by atoms with Gasteiger partial charge in [-0.05, 0) is 47.0 Å². The molecule has 1 N–H and O–H groups in total. The van der Waals surface area contributed by atoms with Crippen molar-refractivity contribution in [1.29, 1.82) is 0 Å². The summed E-state index contributed by atoms with van der Waals surface area (Å²) < 4.78 is 18.0. The summed E-state index contributed by atoms with van der Waals surface area (Å²) in [5.41, 5.74) is 2.51. The van der Waals surface area contributed by atoms with E-state index in [0.717, 1.165) is 16.5 Å². The first kappa shape index (κ1) is 25.6. The Bertz CT molecular complexity index is 1230. The van der Waals surface area contributed by atoms with Crippen LogP contribution in [0.4, 0.5) is 0 Å². The molecule has 0 aliphatic heterocycles. The molecule has 186 valence electrons. The molecule has 0 aliphatic carbocycles. The second-order valence-corrected chi connectivity index (χ2v) is 8.84. The highest BCUT2D eigenvalue weighted by Crippen LogP contribution is 2.20. The Morgan fingerprint density at radius 1 is 0.750 bits per heavy atom. The fourth-order valence-corrected chi connectivity index (χ4v) is 4.02. The lowest BCUT2D eigenvalue weighted by atomic mass is 10.1. The van der Waals surface area contributed by atoms with Crippen molar-refractivity contribution in [3.05, 3.63) is 120 Å². The summed E-state index contributed by atoms with van der Waals surface area (Å²) in [6.45, 7) is 2.43. The molecule has 4 aromatic rings. The first-order chi connectivity index (χ1) is 17.6. The largest absolute Gasteiger partial charge is 0.456 e. The topological polar surface area (TPSA) is 65.0 Å². The standard InChI is InChI=1S/C31H32O5/c1-23(34-22-25-16-17-26-12-8-9-15-28(26)18-25)30(36-31(33)27-13-6-3-7-14-27)19-29(20-32)35-21-24-10-4-2-5-11-24/h2-18,23,29-30,32H,19-22H2,1H3/t23-,29-,30-/m0/s1. The van der Waals surface area contributed by atoms with E-state index in [4.69, 9.17) is 14.2 Å². The Kier molecular flexibility index (Phi) is 9.22. The minimum absolute atomic E-state index is 0.191. The lowest BCUT2D eigenvalue weighted by molar-refractivity contribution is -0.0844. The number of aliphatic hydroxyl groups is 1. The summed E-state index contributed by atoms with van der Waals surface area (Å²) in [7, 11) is 0. The van der Waals surface area contributed by atoms with Crippen molar-refractivity contribution in [2.24, 2.45) is 0 Å². The Morgan fingerprint density at radius 3 is 2.11 bits per heavy atom. The first-order valence-corrected chi connectivity index (χ1v) is 12.2. The van der Waals surface area contributed by atoms with Crippen molar-refractivity contribution in [2.45, 2.75) is 44.9 Å². The predicted molar refractivity (Wildman–Crippen MR) is 141 cm³/mol. The van der Waals surface area contributed by atoms with E-state index in [-0.39, 0.29) is 6.61 Å². The maximum absolute atomic E-state index is 12.8. The van der Waals surface area contributed by atoms with Crippen molar-refractivity contribution in [3.8, 4) is 0 Å². The second-order valence-electron chi connectivity index (χ2n) is 8.84. The minimum Gasteiger partial charge on any atom is -0.456 e. The number of hydrogen-bond donors (Lipinski definition) is 1. The van der Waals surface area contributed by atoms with Gasteiger partial charge in [-0.15, -0.1) is 0 Å². The zero-order valence-corrected chi connectivity index (χ0v) is 20.5. The molecule has 5 nitrogen and oxygen atoms in total. The highest BCUT2D eigenvalue weighted by Gasteiger charge is 2.27. The van der Waals surface area contributed by atoms with Gasteiger partial charge in [-0.3, -0.25) is 0 Å². The number of rotatable bonds is 12. The number of esters is 1. The fourth-order valence-electron chi connectivity index (χ4n) is 4.02. The molecule has 0 fully saturated rings. The van der Waals surface area contributed by atoms with Crippen molar-refractivity contribution >= 4 is 16.7 Å². The number of carbonyl (C=O) groups excluding carboxylic acids is 1. The van der Waals surface area contributed by atoms with Gasteiger partial charge in [0.05, 0.1) is 37.6 Å². The molecule has 0 saturated heterocycles. The average molecular weight is 485 g/mol. The monoisotopic (exact) mass is 484 g/mol. The molecule has 0 bridgehead atoms. The summed E-state index contributed by atoms with van der Waals surface area (Å²) >= 11 is 0. The third-order valence-corrected chi connectivity index (χ3v) is 6.15. The molecule has 0 amide bonds. The van der Waals surface area contributed by atoms with Crippen LogP contribution in [0.15, 0.2) is 103 Å². The van der Waals surface area contributed by atoms with Gasteiger partial charge in [-0.25, -0.2) is 4.79 Å². The predicted octanol–water partition coefficient (Wildman–Crippen LogP) is 5.94. The van der Waals surface area contributed by atoms with Crippen LogP contribution in [0.5, 0.6) is 0 Å². The van der Waals surface area contributed by atoms with E-state index in [1.807, 2.05) is 61.5 Å². The van der Waals surface area contributed by atoms with Crippen molar-refractivity contribution < 1.29 is 24.1 Å². The van der Waals surface area contributed by atoms with Gasteiger partial charge in [-0.1, -0.05) is 84.9 Å². The van der Waals surface area contributed by atoms with E-state index in [1.165, 1.54) is 5.39 Å². The van der Waals surface area contributed by atoms with Crippen LogP contribution < -0.4 is 0 Å². The molecule has 36 heavy (non-hydrogen) atoms. The molecule has 4 aromatic carbocycles. The van der Waals surface area contributed by atoms with Gasteiger partial charge in [0, 0.05) is 6.42 Å². The molecular weight excluding hydrogens is 452 g/mol. The summed E-state index contributed by atoms with van der Waals surface area (Å²) in [6, 6.07) is 33.0. The number of benzene rings is 4. The summed E-state index contributed by atoms with van der Waals surface area (Å²) in [5, 5.41) is 12.3. The van der Waals surface area contributed by atoms with E-state index < -0.39 is 24.3 Å². The van der Waals surface area contributed by atoms with E-state index in [9.17, 15) is 9.90 Å². The van der Waals surface area contributed by atoms with Gasteiger partial charge in [0.1, 0.15) is 6.10 Å². The van der Waals surface area contributed by atoms with Crippen LogP contribution in [0.25, 0.3) is 10.8 Å². The maximum atomic E-state index is 12.8. The van der Waals surface area contributed by atoms with E-state index in [0.29, 0.717) is 25.2 Å². The van der Waals surface area contributed by atoms with E-state index in [2.05, 4.69) is 24.3 Å². The van der Waals surface area contributed by atoms with Gasteiger partial charge in [0.15, 0.2) is 0 Å². The van der Waals surface area contributed by atoms with Crippen LogP contribution in [0.2, 0.25) is 0 Å². The van der Waals surface area contributed by atoms with Gasteiger partial charge >= 0.3 is 5.97 Å². The quantitative estimate of drug-likeness (QED) is 0.252. The summed E-state index contributed by atoms with van der Waals surface area (Å²) in [4.78, 5) is 12.8. The zero-order valence-electron chi connectivity index (χ0n) is 20.5. The number of ether oxygens (including phenoxy) is 3. The summed E-state index contributed by atoms with van der Waals surface area (Å²) in [6.07, 6.45) is -1.23. The average Bonchev–Trinajstić information content (AvgIpc) is 2.94. The zero-order chi connectivity index (χ0) is 25.2. The van der Waals surface area contributed by atoms with Gasteiger partial charge < -0.3 is 19.3 Å². The SMILES string of the molecule is C[C@H](OCc1ccc2ccccc2c1)[C@H](C[C@@H](CO)OCc1ccccc1)OC(=O)c1ccccc1. The highest BCUT2D eigenvalue weighted by molar-refractivity contribution is 5.89. The third-order valence-electron chi connectivity index (χ3n) is 6.15. The van der Waals surface area contributed by atoms with Gasteiger partial charge in [0.2, 0.25) is 0 Å². The Morgan fingerprint density at radius 2 is 1.39 bits per heavy atom. The summed E-state index contributed by atoms with van der Waals surface area (Å²) in [5.74, 6) is -0.429. The first-order valence-electron chi connectivity index (χ1n) is 12.2. The molecule has 0 spiro atoms. The second kappa shape index (κ2) is 13.0. The fraction of sp³-hybridized carbons (Fsp3) is 0.258. The smallest absolute Gasteiger partial charge is 0.338 e. The highest BCUT2D eigenvalue weighted by atomic mass is 16.6. The van der Waals surface area contributed by atoms with Crippen LogP contribution in [0.1, 0.15) is 34.8 Å². The molecule has 0 heterocycles. The number of carbonyl (C=O) groups is 1.